The summed E-state index contributed by atoms with van der Waals surface area (Å²) < 4.78 is 47.3. The Hall–Kier alpha value is -2.51. The molecule has 0 aromatic heterocycles. The van der Waals surface area contributed by atoms with Crippen LogP contribution in [0.2, 0.25) is 0 Å². The zero-order valence-corrected chi connectivity index (χ0v) is 35.3. The SMILES string of the molecule is CC(=O)N[C@H]1[C@H](O[C@@H]2[C@H](O[C@H]3O[C@H](CO)[C@@H](O)[C@H](O)[C@H]3NC(C)=O)[C@@H](NC(C)=O)[C@H](O[C@@H]([C@@H](O)[C@H](O)CO)[C@@H](O)CO)O[C@@H]2CO)O[C@H](CO)[C@H](O[C@@H]2O[C@H](CO)[C@H](O)[C@H](O)[C@H]2O)[C@@H]1O. The van der Waals surface area contributed by atoms with Crippen molar-refractivity contribution >= 4 is 17.7 Å². The molecule has 0 bridgehead atoms. The van der Waals surface area contributed by atoms with Gasteiger partial charge in [-0.2, -0.15) is 0 Å². The Morgan fingerprint density at radius 1 is 0.462 bits per heavy atom. The smallest absolute Gasteiger partial charge is 0.217 e. The third-order valence-electron chi connectivity index (χ3n) is 11.2. The highest BCUT2D eigenvalue weighted by Crippen LogP contribution is 2.36. The molecule has 0 unspecified atom stereocenters. The number of amides is 3. The lowest BCUT2D eigenvalue weighted by Crippen LogP contribution is -2.72. The summed E-state index contributed by atoms with van der Waals surface area (Å²) in [4.78, 5) is 37.9. The van der Waals surface area contributed by atoms with Crippen molar-refractivity contribution in [2.45, 2.75) is 168 Å². The van der Waals surface area contributed by atoms with Crippen LogP contribution < -0.4 is 16.0 Å². The molecule has 4 saturated heterocycles. The molecule has 18 N–H and O–H groups in total. The Morgan fingerprint density at radius 2 is 0.862 bits per heavy atom. The molecule has 3 amide bonds. The fraction of sp³-hybridized carbons (Fsp3) is 0.917. The van der Waals surface area contributed by atoms with Crippen LogP contribution in [0, 0.1) is 0 Å². The first-order valence-corrected chi connectivity index (χ1v) is 20.5. The van der Waals surface area contributed by atoms with Crippen molar-refractivity contribution in [3.8, 4) is 0 Å². The molecule has 0 spiro atoms. The number of ether oxygens (including phenoxy) is 8. The lowest BCUT2D eigenvalue weighted by molar-refractivity contribution is -0.376. The molecule has 4 fully saturated rings. The third kappa shape index (κ3) is 13.0. The number of hydrogen-bond acceptors (Lipinski definition) is 26. The topological polar surface area (TPSA) is 465 Å². The minimum Gasteiger partial charge on any atom is -0.394 e. The van der Waals surface area contributed by atoms with Gasteiger partial charge >= 0.3 is 0 Å². The summed E-state index contributed by atoms with van der Waals surface area (Å²) in [6.45, 7) is -3.11. The Balaban J connectivity index is 1.83. The Bertz CT molecular complexity index is 1510. The second-order valence-electron chi connectivity index (χ2n) is 15.9. The minimum absolute atomic E-state index is 0.802. The molecule has 4 rings (SSSR count). The number of carbonyl (C=O) groups is 3. The highest BCUT2D eigenvalue weighted by atomic mass is 16.8. The van der Waals surface area contributed by atoms with Crippen molar-refractivity contribution in [2.24, 2.45) is 0 Å². The summed E-state index contributed by atoms with van der Waals surface area (Å²) in [7, 11) is 0. The number of carbonyl (C=O) groups excluding carboxylic acids is 3. The zero-order chi connectivity index (χ0) is 48.6. The van der Waals surface area contributed by atoms with E-state index < -0.39 is 204 Å². The molecule has 0 aromatic rings. The Morgan fingerprint density at radius 3 is 1.35 bits per heavy atom. The molecule has 65 heavy (non-hydrogen) atoms. The summed E-state index contributed by atoms with van der Waals surface area (Å²) in [5, 5.41) is 164. The molecule has 4 heterocycles. The number of nitrogens with one attached hydrogen (secondary N) is 3. The first-order chi connectivity index (χ1) is 30.7. The summed E-state index contributed by atoms with van der Waals surface area (Å²) >= 11 is 0. The van der Waals surface area contributed by atoms with E-state index in [9.17, 15) is 91.0 Å². The molecule has 29 heteroatoms. The molecule has 24 atom stereocenters. The predicted molar refractivity (Wildman–Crippen MR) is 204 cm³/mol. The minimum atomic E-state index is -2.18. The number of aliphatic hydroxyl groups excluding tert-OH is 15. The second-order valence-corrected chi connectivity index (χ2v) is 15.9. The lowest BCUT2D eigenvalue weighted by atomic mass is 9.93. The van der Waals surface area contributed by atoms with Crippen molar-refractivity contribution in [3.05, 3.63) is 0 Å². The Kier molecular flexibility index (Phi) is 20.9. The molecule has 0 aliphatic carbocycles. The number of aliphatic hydroxyl groups is 15. The third-order valence-corrected chi connectivity index (χ3v) is 11.2. The summed E-state index contributed by atoms with van der Waals surface area (Å²) in [6, 6.07) is -5.30. The summed E-state index contributed by atoms with van der Waals surface area (Å²) in [5.41, 5.74) is 0. The quantitative estimate of drug-likeness (QED) is 0.0539. The van der Waals surface area contributed by atoms with Crippen molar-refractivity contribution in [1.29, 1.82) is 0 Å². The maximum absolute atomic E-state index is 12.9. The summed E-state index contributed by atoms with van der Waals surface area (Å²) in [6.07, 6.45) is -39.9. The van der Waals surface area contributed by atoms with Crippen LogP contribution in [0.4, 0.5) is 0 Å². The number of hydrogen-bond donors (Lipinski definition) is 18. The molecule has 0 aromatic carbocycles. The van der Waals surface area contributed by atoms with Gasteiger partial charge in [0.2, 0.25) is 17.7 Å². The average molecular weight is 954 g/mol. The fourth-order valence-electron chi connectivity index (χ4n) is 7.84. The van der Waals surface area contributed by atoms with E-state index in [0.29, 0.717) is 0 Å². The van der Waals surface area contributed by atoms with E-state index in [1.165, 1.54) is 0 Å². The van der Waals surface area contributed by atoms with E-state index in [-0.39, 0.29) is 0 Å². The van der Waals surface area contributed by atoms with Crippen molar-refractivity contribution < 1.29 is 129 Å². The van der Waals surface area contributed by atoms with Crippen LogP contribution in [0.15, 0.2) is 0 Å². The lowest BCUT2D eigenvalue weighted by Gasteiger charge is -2.52. The molecular formula is C36H63N3O26. The van der Waals surface area contributed by atoms with Gasteiger partial charge in [0.05, 0.1) is 39.6 Å². The van der Waals surface area contributed by atoms with Crippen LogP contribution >= 0.6 is 0 Å². The first-order valence-electron chi connectivity index (χ1n) is 20.5. The van der Waals surface area contributed by atoms with E-state index in [1.807, 2.05) is 0 Å². The van der Waals surface area contributed by atoms with Gasteiger partial charge in [0.25, 0.3) is 0 Å². The van der Waals surface area contributed by atoms with E-state index in [0.717, 1.165) is 20.8 Å². The van der Waals surface area contributed by atoms with Gasteiger partial charge in [0, 0.05) is 20.8 Å². The van der Waals surface area contributed by atoms with Crippen LogP contribution in [0.25, 0.3) is 0 Å². The molecule has 29 nitrogen and oxygen atoms in total. The van der Waals surface area contributed by atoms with E-state index in [1.54, 1.807) is 0 Å². The van der Waals surface area contributed by atoms with Crippen LogP contribution in [-0.4, -0.2) is 281 Å². The monoisotopic (exact) mass is 953 g/mol. The van der Waals surface area contributed by atoms with Gasteiger partial charge in [-0.1, -0.05) is 0 Å². The molecule has 0 radical (unpaired) electrons. The van der Waals surface area contributed by atoms with Crippen molar-refractivity contribution in [3.63, 3.8) is 0 Å². The van der Waals surface area contributed by atoms with Crippen LogP contribution in [0.1, 0.15) is 20.8 Å². The van der Waals surface area contributed by atoms with Crippen LogP contribution in [0.3, 0.4) is 0 Å². The molecular weight excluding hydrogens is 890 g/mol. The van der Waals surface area contributed by atoms with E-state index in [4.69, 9.17) is 37.9 Å². The van der Waals surface area contributed by atoms with Gasteiger partial charge < -0.3 is 130 Å². The molecule has 378 valence electrons. The molecule has 4 aliphatic heterocycles. The van der Waals surface area contributed by atoms with Gasteiger partial charge in [0.1, 0.15) is 122 Å². The van der Waals surface area contributed by atoms with E-state index in [2.05, 4.69) is 16.0 Å². The largest absolute Gasteiger partial charge is 0.394 e. The van der Waals surface area contributed by atoms with E-state index >= 15 is 0 Å². The maximum Gasteiger partial charge on any atom is 0.217 e. The highest BCUT2D eigenvalue weighted by Gasteiger charge is 2.57. The van der Waals surface area contributed by atoms with Crippen molar-refractivity contribution in [2.75, 3.05) is 39.6 Å². The van der Waals surface area contributed by atoms with Crippen LogP contribution in [0.5, 0.6) is 0 Å². The van der Waals surface area contributed by atoms with Gasteiger partial charge in [-0.25, -0.2) is 0 Å². The summed E-state index contributed by atoms with van der Waals surface area (Å²) in [5.74, 6) is -2.54. The highest BCUT2D eigenvalue weighted by molar-refractivity contribution is 5.74. The van der Waals surface area contributed by atoms with Gasteiger partial charge in [0.15, 0.2) is 25.2 Å². The first kappa shape index (κ1) is 55.1. The Labute approximate surface area is 369 Å². The zero-order valence-electron chi connectivity index (χ0n) is 35.3. The maximum atomic E-state index is 12.9. The van der Waals surface area contributed by atoms with Crippen molar-refractivity contribution in [1.82, 2.24) is 16.0 Å². The number of rotatable bonds is 20. The molecule has 4 aliphatic rings. The normalized spacial score (nSPS) is 42.0. The van der Waals surface area contributed by atoms with Gasteiger partial charge in [-0.15, -0.1) is 0 Å². The molecule has 0 saturated carbocycles. The fourth-order valence-corrected chi connectivity index (χ4v) is 7.84. The second kappa shape index (κ2) is 24.7. The predicted octanol–water partition coefficient (Wildman–Crippen LogP) is -11.9. The standard InChI is InChI=1S/C36H63N3O26/c1-10(46)37-19-25(54)23(52)15(6-42)58-33(19)65-32-21(39-12(3)48)35(62-29(14(50)5-41)22(51)13(49)4-40)61-18(9-45)31(32)64-34-20(38-11(2)47)26(55)30(17(8-44)60-34)63-36-28(57)27(56)24(53)16(7-43)59-36/h13-36,40-45,49-57H,4-9H2,1-3H3,(H,37,46)(H,38,47)(H,39,48)/t13-,14+,15-,16-,17-,18-,19-,20-,21-,22+,23-,24+,25-,26-,27+,28-,29-,30+,31+,32-,33-,34+,35+,36+/m1/s1. The van der Waals surface area contributed by atoms with Gasteiger partial charge in [-0.05, 0) is 0 Å². The van der Waals surface area contributed by atoms with Crippen LogP contribution in [-0.2, 0) is 52.3 Å². The average Bonchev–Trinajstić information content (AvgIpc) is 3.27. The van der Waals surface area contributed by atoms with Gasteiger partial charge in [-0.3, -0.25) is 14.4 Å².